The third-order valence-corrected chi connectivity index (χ3v) is 3.58. The van der Waals surface area contributed by atoms with Gasteiger partial charge in [-0.3, -0.25) is 9.89 Å². The number of carbonyl (C=O) groups excluding carboxylic acids is 1. The summed E-state index contributed by atoms with van der Waals surface area (Å²) in [5.41, 5.74) is 0.950. The van der Waals surface area contributed by atoms with E-state index in [0.29, 0.717) is 12.4 Å². The average molecular weight is 273 g/mol. The molecular weight excluding hydrogens is 262 g/mol. The Hall–Kier alpha value is -2.28. The number of carbonyl (C=O) groups is 1. The van der Waals surface area contributed by atoms with Crippen molar-refractivity contribution in [2.45, 2.75) is 13.5 Å². The van der Waals surface area contributed by atoms with Gasteiger partial charge < -0.3 is 5.32 Å². The predicted molar refractivity (Wildman–Crippen MR) is 71.9 cm³/mol. The number of nitrogens with one attached hydrogen (secondary N) is 2. The Morgan fingerprint density at radius 3 is 2.95 bits per heavy atom. The lowest BCUT2D eigenvalue weighted by Crippen LogP contribution is -2.23. The summed E-state index contributed by atoms with van der Waals surface area (Å²) in [5.74, 6) is 0.465. The molecule has 0 radical (unpaired) electrons. The highest BCUT2D eigenvalue weighted by atomic mass is 32.1. The van der Waals surface area contributed by atoms with Crippen LogP contribution in [0.25, 0.3) is 10.2 Å². The van der Waals surface area contributed by atoms with Crippen LogP contribution in [0.3, 0.4) is 0 Å². The van der Waals surface area contributed by atoms with Crippen molar-refractivity contribution < 1.29 is 4.79 Å². The van der Waals surface area contributed by atoms with Gasteiger partial charge in [0.1, 0.15) is 10.8 Å². The van der Waals surface area contributed by atoms with Crippen LogP contribution in [0.1, 0.15) is 21.5 Å². The van der Waals surface area contributed by atoms with Crippen molar-refractivity contribution in [1.82, 2.24) is 25.5 Å². The largest absolute Gasteiger partial charge is 0.343 e. The van der Waals surface area contributed by atoms with Crippen LogP contribution in [0, 0.1) is 6.92 Å². The molecule has 0 atom stereocenters. The zero-order valence-electron chi connectivity index (χ0n) is 10.2. The van der Waals surface area contributed by atoms with Gasteiger partial charge in [-0.15, -0.1) is 16.4 Å². The maximum atomic E-state index is 11.8. The number of hydrogen-bond acceptors (Lipinski definition) is 5. The van der Waals surface area contributed by atoms with Crippen molar-refractivity contribution in [3.05, 3.63) is 40.9 Å². The molecule has 1 amide bonds. The molecule has 0 aliphatic rings. The molecule has 6 nitrogen and oxygen atoms in total. The molecule has 0 aliphatic heterocycles. The Morgan fingerprint density at radius 1 is 1.37 bits per heavy atom. The van der Waals surface area contributed by atoms with E-state index in [2.05, 4.69) is 25.5 Å². The third kappa shape index (κ3) is 2.45. The van der Waals surface area contributed by atoms with Crippen LogP contribution in [-0.2, 0) is 6.54 Å². The smallest absolute Gasteiger partial charge is 0.291 e. The summed E-state index contributed by atoms with van der Waals surface area (Å²) in [6, 6.07) is 7.88. The Labute approximate surface area is 112 Å². The molecule has 3 rings (SSSR count). The molecule has 96 valence electrons. The number of H-pyrrole nitrogens is 1. The average Bonchev–Trinajstić information content (AvgIpc) is 3.01. The first-order valence-electron chi connectivity index (χ1n) is 5.74. The van der Waals surface area contributed by atoms with Crippen LogP contribution < -0.4 is 5.32 Å². The molecule has 0 saturated carbocycles. The van der Waals surface area contributed by atoms with E-state index in [1.807, 2.05) is 24.3 Å². The number of thiazole rings is 1. The lowest BCUT2D eigenvalue weighted by molar-refractivity contribution is 0.0941. The summed E-state index contributed by atoms with van der Waals surface area (Å²) in [6.07, 6.45) is 0. The molecule has 2 N–H and O–H groups in total. The van der Waals surface area contributed by atoms with E-state index >= 15 is 0 Å². The molecule has 19 heavy (non-hydrogen) atoms. The molecule has 0 spiro atoms. The van der Waals surface area contributed by atoms with Crippen molar-refractivity contribution >= 4 is 27.5 Å². The van der Waals surface area contributed by atoms with Gasteiger partial charge in [0.15, 0.2) is 0 Å². The van der Waals surface area contributed by atoms with E-state index in [9.17, 15) is 4.79 Å². The first kappa shape index (κ1) is 11.8. The van der Waals surface area contributed by atoms with Crippen LogP contribution >= 0.6 is 11.3 Å². The minimum Gasteiger partial charge on any atom is -0.343 e. The number of fused-ring (bicyclic) bond motifs is 1. The molecule has 2 aromatic heterocycles. The van der Waals surface area contributed by atoms with Gasteiger partial charge in [0.2, 0.25) is 5.82 Å². The fourth-order valence-electron chi connectivity index (χ4n) is 1.67. The first-order valence-corrected chi connectivity index (χ1v) is 6.55. The zero-order chi connectivity index (χ0) is 13.2. The fraction of sp³-hybridized carbons (Fsp3) is 0.167. The highest BCUT2D eigenvalue weighted by Crippen LogP contribution is 2.21. The molecule has 2 heterocycles. The van der Waals surface area contributed by atoms with Gasteiger partial charge in [-0.25, -0.2) is 9.97 Å². The van der Waals surface area contributed by atoms with Crippen LogP contribution in [0.4, 0.5) is 0 Å². The molecule has 0 unspecified atom stereocenters. The van der Waals surface area contributed by atoms with Crippen molar-refractivity contribution in [2.75, 3.05) is 0 Å². The molecule has 7 heteroatoms. The summed E-state index contributed by atoms with van der Waals surface area (Å²) in [5, 5.41) is 10.1. The van der Waals surface area contributed by atoms with E-state index in [0.717, 1.165) is 15.2 Å². The van der Waals surface area contributed by atoms with Gasteiger partial charge in [0.05, 0.1) is 16.8 Å². The summed E-state index contributed by atoms with van der Waals surface area (Å²) in [4.78, 5) is 20.2. The number of para-hydroxylation sites is 1. The Balaban J connectivity index is 1.70. The molecule has 0 fully saturated rings. The monoisotopic (exact) mass is 273 g/mol. The van der Waals surface area contributed by atoms with Crippen molar-refractivity contribution in [2.24, 2.45) is 0 Å². The maximum Gasteiger partial charge on any atom is 0.291 e. The van der Waals surface area contributed by atoms with Crippen molar-refractivity contribution in [3.8, 4) is 0 Å². The normalized spacial score (nSPS) is 10.8. The third-order valence-electron chi connectivity index (χ3n) is 2.54. The van der Waals surface area contributed by atoms with E-state index in [1.165, 1.54) is 0 Å². The van der Waals surface area contributed by atoms with Crippen LogP contribution in [-0.4, -0.2) is 26.1 Å². The number of benzene rings is 1. The van der Waals surface area contributed by atoms with Gasteiger partial charge in [0.25, 0.3) is 5.91 Å². The lowest BCUT2D eigenvalue weighted by atomic mass is 10.3. The standard InChI is InChI=1S/C12H11N5OS/c1-7-14-11(17-16-7)12(18)13-6-10-15-8-4-2-3-5-9(8)19-10/h2-5H,6H2,1H3,(H,13,18)(H,14,16,17). The van der Waals surface area contributed by atoms with E-state index in [4.69, 9.17) is 0 Å². The summed E-state index contributed by atoms with van der Waals surface area (Å²) in [6.45, 7) is 2.13. The van der Waals surface area contributed by atoms with Crippen molar-refractivity contribution in [3.63, 3.8) is 0 Å². The number of aromatic nitrogens is 4. The minimum atomic E-state index is -0.302. The Bertz CT molecular complexity index is 699. The highest BCUT2D eigenvalue weighted by molar-refractivity contribution is 7.18. The summed E-state index contributed by atoms with van der Waals surface area (Å²) in [7, 11) is 0. The van der Waals surface area contributed by atoms with Gasteiger partial charge >= 0.3 is 0 Å². The number of nitrogens with zero attached hydrogens (tertiary/aromatic N) is 3. The topological polar surface area (TPSA) is 83.6 Å². The van der Waals surface area contributed by atoms with E-state index in [-0.39, 0.29) is 11.7 Å². The molecule has 1 aromatic carbocycles. The van der Waals surface area contributed by atoms with Crippen molar-refractivity contribution in [1.29, 1.82) is 0 Å². The van der Waals surface area contributed by atoms with Gasteiger partial charge in [-0.1, -0.05) is 12.1 Å². The number of amides is 1. The minimum absolute atomic E-state index is 0.151. The summed E-state index contributed by atoms with van der Waals surface area (Å²) >= 11 is 1.57. The second kappa shape index (κ2) is 4.77. The molecule has 0 bridgehead atoms. The molecule has 0 saturated heterocycles. The fourth-order valence-corrected chi connectivity index (χ4v) is 2.58. The van der Waals surface area contributed by atoms with Crippen LogP contribution in [0.5, 0.6) is 0 Å². The van der Waals surface area contributed by atoms with Gasteiger partial charge in [0, 0.05) is 0 Å². The Morgan fingerprint density at radius 2 is 2.21 bits per heavy atom. The predicted octanol–water partition coefficient (Wildman–Crippen LogP) is 1.65. The second-order valence-corrected chi connectivity index (χ2v) is 5.12. The second-order valence-electron chi connectivity index (χ2n) is 4.00. The SMILES string of the molecule is Cc1nc(C(=O)NCc2nc3ccccc3s2)n[nH]1. The van der Waals surface area contributed by atoms with Crippen LogP contribution in [0.15, 0.2) is 24.3 Å². The van der Waals surface area contributed by atoms with Crippen LogP contribution in [0.2, 0.25) is 0 Å². The van der Waals surface area contributed by atoms with Gasteiger partial charge in [-0.05, 0) is 19.1 Å². The molecular formula is C12H11N5OS. The maximum absolute atomic E-state index is 11.8. The quantitative estimate of drug-likeness (QED) is 0.760. The highest BCUT2D eigenvalue weighted by Gasteiger charge is 2.11. The molecule has 0 aliphatic carbocycles. The van der Waals surface area contributed by atoms with E-state index < -0.39 is 0 Å². The zero-order valence-corrected chi connectivity index (χ0v) is 11.0. The lowest BCUT2D eigenvalue weighted by Gasteiger charge is -1.97. The van der Waals surface area contributed by atoms with E-state index in [1.54, 1.807) is 18.3 Å². The number of aryl methyl sites for hydroxylation is 1. The number of aromatic amines is 1. The van der Waals surface area contributed by atoms with Gasteiger partial charge in [-0.2, -0.15) is 0 Å². The number of hydrogen-bond donors (Lipinski definition) is 2. The Kier molecular flexibility index (Phi) is 2.96. The molecule has 3 aromatic rings. The number of rotatable bonds is 3. The first-order chi connectivity index (χ1) is 9.22. The summed E-state index contributed by atoms with van der Waals surface area (Å²) < 4.78 is 1.11.